The fraction of sp³-hybridized carbons (Fsp3) is 0.167. The summed E-state index contributed by atoms with van der Waals surface area (Å²) in [5.74, 6) is 0.437. The number of carbonyl (C=O) groups excluding carboxylic acids is 1. The number of aromatic nitrogens is 3. The first-order valence-corrected chi connectivity index (χ1v) is 7.60. The molecule has 0 bridgehead atoms. The van der Waals surface area contributed by atoms with Crippen LogP contribution in [0, 0.1) is 0 Å². The van der Waals surface area contributed by atoms with Crippen LogP contribution in [0.25, 0.3) is 10.2 Å². The monoisotopic (exact) mass is 321 g/mol. The van der Waals surface area contributed by atoms with Crippen LogP contribution in [0.2, 0.25) is 0 Å². The second-order valence-electron chi connectivity index (χ2n) is 3.97. The molecule has 0 unspecified atom stereocenters. The summed E-state index contributed by atoms with van der Waals surface area (Å²) in [5.41, 5.74) is 0.810. The predicted octanol–water partition coefficient (Wildman–Crippen LogP) is 2.45. The number of hydrogen-bond donors (Lipinski definition) is 2. The highest BCUT2D eigenvalue weighted by atomic mass is 32.1. The summed E-state index contributed by atoms with van der Waals surface area (Å²) in [6, 6.07) is 5.56. The van der Waals surface area contributed by atoms with Gasteiger partial charge in [-0.25, -0.2) is 4.98 Å². The van der Waals surface area contributed by atoms with E-state index in [-0.39, 0.29) is 10.9 Å². The summed E-state index contributed by atoms with van der Waals surface area (Å²) in [6.07, 6.45) is 0. The molecule has 0 saturated heterocycles. The van der Waals surface area contributed by atoms with Crippen molar-refractivity contribution in [3.8, 4) is 5.75 Å². The number of thiazole rings is 1. The fourth-order valence-corrected chi connectivity index (χ4v) is 3.13. The number of fused-ring (bicyclic) bond motifs is 1. The normalized spacial score (nSPS) is 10.6. The number of nitrogens with one attached hydrogen (secondary N) is 2. The standard InChI is InChI=1S/C12H11N5O2S2/c1-13-11-17-16-10(21-11)9(18)15-12-14-7-4-3-6(19-2)5-8(7)20-12/h3-5H,1-2H3,(H,13,17)(H,14,15,18). The van der Waals surface area contributed by atoms with Crippen molar-refractivity contribution in [3.63, 3.8) is 0 Å². The Hall–Kier alpha value is -2.26. The van der Waals surface area contributed by atoms with Gasteiger partial charge in [0.1, 0.15) is 5.75 Å². The van der Waals surface area contributed by atoms with Crippen LogP contribution in [-0.2, 0) is 0 Å². The Morgan fingerprint density at radius 1 is 1.24 bits per heavy atom. The van der Waals surface area contributed by atoms with Crippen molar-refractivity contribution in [2.24, 2.45) is 0 Å². The molecule has 3 rings (SSSR count). The van der Waals surface area contributed by atoms with E-state index < -0.39 is 0 Å². The van der Waals surface area contributed by atoms with E-state index in [0.29, 0.717) is 10.3 Å². The Morgan fingerprint density at radius 3 is 2.81 bits per heavy atom. The van der Waals surface area contributed by atoms with Gasteiger partial charge in [-0.1, -0.05) is 22.7 Å². The Kier molecular flexibility index (Phi) is 3.67. The number of anilines is 2. The van der Waals surface area contributed by atoms with E-state index in [4.69, 9.17) is 4.74 Å². The topological polar surface area (TPSA) is 89.0 Å². The molecule has 0 saturated carbocycles. The molecule has 3 aromatic rings. The first kappa shape index (κ1) is 13.7. The van der Waals surface area contributed by atoms with E-state index in [1.54, 1.807) is 14.2 Å². The zero-order valence-corrected chi connectivity index (χ0v) is 12.8. The molecule has 1 aromatic carbocycles. The smallest absolute Gasteiger partial charge is 0.288 e. The predicted molar refractivity (Wildman–Crippen MR) is 83.6 cm³/mol. The lowest BCUT2D eigenvalue weighted by Crippen LogP contribution is -2.11. The third-order valence-corrected chi connectivity index (χ3v) is 4.52. The summed E-state index contributed by atoms with van der Waals surface area (Å²) in [5, 5.41) is 14.6. The number of amides is 1. The van der Waals surface area contributed by atoms with Crippen LogP contribution < -0.4 is 15.4 Å². The number of hydrogen-bond acceptors (Lipinski definition) is 8. The van der Waals surface area contributed by atoms with Gasteiger partial charge in [0.15, 0.2) is 5.13 Å². The van der Waals surface area contributed by atoms with Gasteiger partial charge in [0.05, 0.1) is 17.3 Å². The summed E-state index contributed by atoms with van der Waals surface area (Å²) < 4.78 is 6.11. The first-order chi connectivity index (χ1) is 10.2. The van der Waals surface area contributed by atoms with Gasteiger partial charge in [-0.05, 0) is 18.2 Å². The SMILES string of the molecule is CNc1nnc(C(=O)Nc2nc3ccc(OC)cc3s2)s1. The highest BCUT2D eigenvalue weighted by Crippen LogP contribution is 2.29. The Bertz CT molecular complexity index is 798. The van der Waals surface area contributed by atoms with E-state index in [1.807, 2.05) is 18.2 Å². The third-order valence-electron chi connectivity index (χ3n) is 2.65. The number of methoxy groups -OCH3 is 1. The molecule has 0 aliphatic rings. The molecule has 2 N–H and O–H groups in total. The molecule has 0 radical (unpaired) electrons. The molecule has 0 aliphatic heterocycles. The molecule has 0 fully saturated rings. The number of carbonyl (C=O) groups is 1. The van der Waals surface area contributed by atoms with E-state index in [9.17, 15) is 4.79 Å². The fourth-order valence-electron chi connectivity index (χ4n) is 1.65. The summed E-state index contributed by atoms with van der Waals surface area (Å²) >= 11 is 2.56. The van der Waals surface area contributed by atoms with Crippen molar-refractivity contribution in [3.05, 3.63) is 23.2 Å². The van der Waals surface area contributed by atoms with Crippen molar-refractivity contribution in [2.75, 3.05) is 24.8 Å². The van der Waals surface area contributed by atoms with Crippen LogP contribution in [0.1, 0.15) is 9.80 Å². The van der Waals surface area contributed by atoms with E-state index >= 15 is 0 Å². The highest BCUT2D eigenvalue weighted by molar-refractivity contribution is 7.22. The van der Waals surface area contributed by atoms with Gasteiger partial charge in [0.25, 0.3) is 5.91 Å². The van der Waals surface area contributed by atoms with E-state index in [2.05, 4.69) is 25.8 Å². The summed E-state index contributed by atoms with van der Waals surface area (Å²) in [6.45, 7) is 0. The van der Waals surface area contributed by atoms with Gasteiger partial charge in [-0.2, -0.15) is 0 Å². The Labute approximate surface area is 128 Å². The van der Waals surface area contributed by atoms with Crippen molar-refractivity contribution in [1.82, 2.24) is 15.2 Å². The molecule has 7 nitrogen and oxygen atoms in total. The third kappa shape index (κ3) is 2.78. The van der Waals surface area contributed by atoms with Crippen molar-refractivity contribution < 1.29 is 9.53 Å². The van der Waals surface area contributed by atoms with Crippen molar-refractivity contribution in [2.45, 2.75) is 0 Å². The number of benzene rings is 1. The second kappa shape index (κ2) is 5.62. The van der Waals surface area contributed by atoms with Gasteiger partial charge in [0, 0.05) is 7.05 Å². The van der Waals surface area contributed by atoms with Gasteiger partial charge in [0.2, 0.25) is 10.1 Å². The molecule has 2 heterocycles. The maximum absolute atomic E-state index is 12.1. The molecule has 1 amide bonds. The summed E-state index contributed by atoms with van der Waals surface area (Å²) in [4.78, 5) is 16.4. The number of nitrogens with zero attached hydrogens (tertiary/aromatic N) is 3. The van der Waals surface area contributed by atoms with Crippen LogP contribution in [0.4, 0.5) is 10.3 Å². The molecule has 0 atom stereocenters. The molecular formula is C12H11N5O2S2. The molecule has 0 spiro atoms. The average Bonchev–Trinajstić information content (AvgIpc) is 3.12. The van der Waals surface area contributed by atoms with Crippen LogP contribution >= 0.6 is 22.7 Å². The van der Waals surface area contributed by atoms with Crippen LogP contribution in [0.15, 0.2) is 18.2 Å². The molecular weight excluding hydrogens is 310 g/mol. The zero-order chi connectivity index (χ0) is 14.8. The van der Waals surface area contributed by atoms with E-state index in [0.717, 1.165) is 16.0 Å². The number of ether oxygens (including phenoxy) is 1. The minimum Gasteiger partial charge on any atom is -0.497 e. The minimum absolute atomic E-state index is 0.288. The van der Waals surface area contributed by atoms with Crippen molar-refractivity contribution >= 4 is 49.1 Å². The van der Waals surface area contributed by atoms with Crippen LogP contribution in [0.5, 0.6) is 5.75 Å². The molecule has 9 heteroatoms. The summed E-state index contributed by atoms with van der Waals surface area (Å²) in [7, 11) is 3.34. The zero-order valence-electron chi connectivity index (χ0n) is 11.2. The lowest BCUT2D eigenvalue weighted by Gasteiger charge is -1.96. The lowest BCUT2D eigenvalue weighted by molar-refractivity contribution is 0.102. The van der Waals surface area contributed by atoms with E-state index in [1.165, 1.54) is 22.7 Å². The lowest BCUT2D eigenvalue weighted by atomic mass is 10.3. The highest BCUT2D eigenvalue weighted by Gasteiger charge is 2.14. The number of rotatable bonds is 4. The molecule has 21 heavy (non-hydrogen) atoms. The molecule has 2 aromatic heterocycles. The van der Waals surface area contributed by atoms with Gasteiger partial charge in [-0.15, -0.1) is 10.2 Å². The minimum atomic E-state index is -0.319. The molecule has 108 valence electrons. The van der Waals surface area contributed by atoms with Gasteiger partial charge >= 0.3 is 0 Å². The largest absolute Gasteiger partial charge is 0.497 e. The maximum atomic E-state index is 12.1. The van der Waals surface area contributed by atoms with Crippen LogP contribution in [-0.4, -0.2) is 35.2 Å². The quantitative estimate of drug-likeness (QED) is 0.767. The second-order valence-corrected chi connectivity index (χ2v) is 5.98. The maximum Gasteiger partial charge on any atom is 0.288 e. The van der Waals surface area contributed by atoms with Crippen LogP contribution in [0.3, 0.4) is 0 Å². The van der Waals surface area contributed by atoms with Gasteiger partial charge < -0.3 is 10.1 Å². The Balaban J connectivity index is 1.82. The first-order valence-electron chi connectivity index (χ1n) is 5.97. The molecule has 0 aliphatic carbocycles. The van der Waals surface area contributed by atoms with Gasteiger partial charge in [-0.3, -0.25) is 10.1 Å². The average molecular weight is 321 g/mol. The van der Waals surface area contributed by atoms with Crippen molar-refractivity contribution in [1.29, 1.82) is 0 Å². The Morgan fingerprint density at radius 2 is 2.10 bits per heavy atom.